The van der Waals surface area contributed by atoms with E-state index in [4.69, 9.17) is 4.42 Å². The summed E-state index contributed by atoms with van der Waals surface area (Å²) in [5, 5.41) is 3.01. The number of hydrogen-bond donors (Lipinski definition) is 1. The van der Waals surface area contributed by atoms with Gasteiger partial charge in [0.15, 0.2) is 0 Å². The molecule has 1 aromatic carbocycles. The Labute approximate surface area is 153 Å². The zero-order valence-corrected chi connectivity index (χ0v) is 15.1. The van der Waals surface area contributed by atoms with E-state index < -0.39 is 0 Å². The molecule has 0 spiro atoms. The van der Waals surface area contributed by atoms with Gasteiger partial charge >= 0.3 is 6.03 Å². The van der Waals surface area contributed by atoms with Crippen LogP contribution in [0, 0.1) is 0 Å². The van der Waals surface area contributed by atoms with Crippen molar-refractivity contribution in [2.24, 2.45) is 0 Å². The number of carbonyl (C=O) groups excluding carboxylic acids is 2. The van der Waals surface area contributed by atoms with Crippen molar-refractivity contribution in [1.29, 1.82) is 0 Å². The standard InChI is InChI=1S/C20H25N3O3/c1-16(24)22-11-9-18(10-12-22)23(15-19-8-5-13-26-19)20(25)21-14-17-6-3-2-4-7-17/h2-8,13,18H,9-12,14-15H2,1H3,(H,21,25). The zero-order valence-electron chi connectivity index (χ0n) is 15.1. The Kier molecular flexibility index (Phi) is 5.94. The predicted octanol–water partition coefficient (Wildman–Crippen LogP) is 3.00. The normalized spacial score (nSPS) is 14.9. The molecule has 1 aromatic heterocycles. The maximum Gasteiger partial charge on any atom is 0.318 e. The number of furan rings is 1. The number of nitrogens with one attached hydrogen (secondary N) is 1. The molecule has 6 heteroatoms. The van der Waals surface area contributed by atoms with Gasteiger partial charge in [0.1, 0.15) is 5.76 Å². The lowest BCUT2D eigenvalue weighted by atomic mass is 10.0. The van der Waals surface area contributed by atoms with E-state index in [0.717, 1.165) is 24.2 Å². The third-order valence-electron chi connectivity index (χ3n) is 4.80. The Hall–Kier alpha value is -2.76. The van der Waals surface area contributed by atoms with Crippen molar-refractivity contribution in [1.82, 2.24) is 15.1 Å². The van der Waals surface area contributed by atoms with Crippen LogP contribution >= 0.6 is 0 Å². The summed E-state index contributed by atoms with van der Waals surface area (Å²) in [4.78, 5) is 28.1. The molecule has 1 aliphatic heterocycles. The molecule has 6 nitrogen and oxygen atoms in total. The van der Waals surface area contributed by atoms with Crippen LogP contribution in [-0.2, 0) is 17.9 Å². The Morgan fingerprint density at radius 1 is 1.15 bits per heavy atom. The fourth-order valence-electron chi connectivity index (χ4n) is 3.30. The van der Waals surface area contributed by atoms with Crippen molar-refractivity contribution in [3.05, 3.63) is 60.1 Å². The lowest BCUT2D eigenvalue weighted by molar-refractivity contribution is -0.130. The summed E-state index contributed by atoms with van der Waals surface area (Å²) in [7, 11) is 0. The molecule has 0 atom stereocenters. The third kappa shape index (κ3) is 4.65. The molecule has 1 aliphatic rings. The number of amides is 3. The minimum Gasteiger partial charge on any atom is -0.467 e. The van der Waals surface area contributed by atoms with Gasteiger partial charge in [0, 0.05) is 32.6 Å². The summed E-state index contributed by atoms with van der Waals surface area (Å²) in [5.74, 6) is 0.850. The van der Waals surface area contributed by atoms with Gasteiger partial charge in [-0.1, -0.05) is 30.3 Å². The second-order valence-electron chi connectivity index (χ2n) is 6.59. The highest BCUT2D eigenvalue weighted by molar-refractivity contribution is 5.75. The topological polar surface area (TPSA) is 65.8 Å². The van der Waals surface area contributed by atoms with E-state index in [1.165, 1.54) is 0 Å². The predicted molar refractivity (Wildman–Crippen MR) is 98.2 cm³/mol. The largest absolute Gasteiger partial charge is 0.467 e. The van der Waals surface area contributed by atoms with Crippen LogP contribution in [0.3, 0.4) is 0 Å². The molecule has 0 saturated carbocycles. The number of urea groups is 1. The molecule has 3 rings (SSSR count). The number of piperidine rings is 1. The van der Waals surface area contributed by atoms with Crippen LogP contribution in [0.2, 0.25) is 0 Å². The smallest absolute Gasteiger partial charge is 0.318 e. The number of rotatable bonds is 5. The Bertz CT molecular complexity index is 707. The molecule has 1 N–H and O–H groups in total. The quantitative estimate of drug-likeness (QED) is 0.897. The SMILES string of the molecule is CC(=O)N1CCC(N(Cc2ccco2)C(=O)NCc2ccccc2)CC1. The van der Waals surface area contributed by atoms with Crippen LogP contribution in [0.5, 0.6) is 0 Å². The van der Waals surface area contributed by atoms with E-state index in [1.54, 1.807) is 13.2 Å². The summed E-state index contributed by atoms with van der Waals surface area (Å²) < 4.78 is 5.44. The van der Waals surface area contributed by atoms with Crippen LogP contribution in [0.1, 0.15) is 31.1 Å². The second-order valence-corrected chi connectivity index (χ2v) is 6.59. The number of hydrogen-bond acceptors (Lipinski definition) is 3. The highest BCUT2D eigenvalue weighted by Crippen LogP contribution is 2.20. The number of nitrogens with zero attached hydrogens (tertiary/aromatic N) is 2. The van der Waals surface area contributed by atoms with Crippen molar-refractivity contribution in [3.63, 3.8) is 0 Å². The molecule has 2 aromatic rings. The Balaban J connectivity index is 1.65. The van der Waals surface area contributed by atoms with E-state index in [2.05, 4.69) is 5.32 Å². The third-order valence-corrected chi connectivity index (χ3v) is 4.80. The van der Waals surface area contributed by atoms with E-state index >= 15 is 0 Å². The summed E-state index contributed by atoms with van der Waals surface area (Å²) in [5.41, 5.74) is 1.06. The first-order valence-corrected chi connectivity index (χ1v) is 9.00. The molecule has 0 radical (unpaired) electrons. The molecule has 0 unspecified atom stereocenters. The molecular formula is C20H25N3O3. The van der Waals surface area contributed by atoms with Gasteiger partial charge in [-0.15, -0.1) is 0 Å². The average molecular weight is 355 g/mol. The van der Waals surface area contributed by atoms with Crippen LogP contribution in [-0.4, -0.2) is 40.9 Å². The van der Waals surface area contributed by atoms with Gasteiger partial charge in [-0.2, -0.15) is 0 Å². The van der Waals surface area contributed by atoms with Crippen molar-refractivity contribution in [2.45, 2.75) is 38.9 Å². The van der Waals surface area contributed by atoms with E-state index in [0.29, 0.717) is 26.2 Å². The molecule has 2 heterocycles. The number of carbonyl (C=O) groups is 2. The van der Waals surface area contributed by atoms with Gasteiger partial charge in [-0.3, -0.25) is 4.79 Å². The maximum atomic E-state index is 12.9. The van der Waals surface area contributed by atoms with Crippen molar-refractivity contribution < 1.29 is 14.0 Å². The van der Waals surface area contributed by atoms with E-state index in [1.807, 2.05) is 52.3 Å². The molecule has 138 valence electrons. The van der Waals surface area contributed by atoms with Gasteiger partial charge in [-0.25, -0.2) is 4.79 Å². The van der Waals surface area contributed by atoms with E-state index in [-0.39, 0.29) is 18.0 Å². The van der Waals surface area contributed by atoms with Gasteiger partial charge in [0.2, 0.25) is 5.91 Å². The zero-order chi connectivity index (χ0) is 18.4. The fraction of sp³-hybridized carbons (Fsp3) is 0.400. The summed E-state index contributed by atoms with van der Waals surface area (Å²) in [6.07, 6.45) is 3.17. The average Bonchev–Trinajstić information content (AvgIpc) is 3.18. The fourth-order valence-corrected chi connectivity index (χ4v) is 3.30. The van der Waals surface area contributed by atoms with Crippen LogP contribution in [0.25, 0.3) is 0 Å². The first-order chi connectivity index (χ1) is 12.6. The molecule has 0 bridgehead atoms. The first-order valence-electron chi connectivity index (χ1n) is 9.00. The minimum atomic E-state index is -0.105. The number of likely N-dealkylation sites (tertiary alicyclic amines) is 1. The number of benzene rings is 1. The van der Waals surface area contributed by atoms with E-state index in [9.17, 15) is 9.59 Å². The monoisotopic (exact) mass is 355 g/mol. The van der Waals surface area contributed by atoms with Crippen molar-refractivity contribution >= 4 is 11.9 Å². The molecule has 26 heavy (non-hydrogen) atoms. The summed E-state index contributed by atoms with van der Waals surface area (Å²) in [6, 6.07) is 13.5. The van der Waals surface area contributed by atoms with Gasteiger partial charge in [0.25, 0.3) is 0 Å². The lowest BCUT2D eigenvalue weighted by Crippen LogP contribution is -2.50. The van der Waals surface area contributed by atoms with Crippen molar-refractivity contribution in [2.75, 3.05) is 13.1 Å². The van der Waals surface area contributed by atoms with Gasteiger partial charge < -0.3 is 19.5 Å². The first kappa shape index (κ1) is 18.0. The lowest BCUT2D eigenvalue weighted by Gasteiger charge is -2.38. The Morgan fingerprint density at radius 3 is 2.50 bits per heavy atom. The van der Waals surface area contributed by atoms with Crippen LogP contribution in [0.4, 0.5) is 4.79 Å². The second kappa shape index (κ2) is 8.56. The van der Waals surface area contributed by atoms with Crippen LogP contribution in [0.15, 0.2) is 53.1 Å². The highest BCUT2D eigenvalue weighted by atomic mass is 16.3. The summed E-state index contributed by atoms with van der Waals surface area (Å²) >= 11 is 0. The van der Waals surface area contributed by atoms with Gasteiger partial charge in [0.05, 0.1) is 12.8 Å². The molecule has 3 amide bonds. The molecule has 1 fully saturated rings. The highest BCUT2D eigenvalue weighted by Gasteiger charge is 2.29. The van der Waals surface area contributed by atoms with Gasteiger partial charge in [-0.05, 0) is 30.5 Å². The minimum absolute atomic E-state index is 0.0893. The van der Waals surface area contributed by atoms with Crippen molar-refractivity contribution in [3.8, 4) is 0 Å². The Morgan fingerprint density at radius 2 is 1.88 bits per heavy atom. The molecule has 0 aliphatic carbocycles. The summed E-state index contributed by atoms with van der Waals surface area (Å²) in [6.45, 7) is 3.87. The maximum absolute atomic E-state index is 12.9. The molecule has 1 saturated heterocycles. The van der Waals surface area contributed by atoms with Crippen LogP contribution < -0.4 is 5.32 Å². The molecular weight excluding hydrogens is 330 g/mol.